The van der Waals surface area contributed by atoms with Crippen molar-refractivity contribution in [3.05, 3.63) is 29.6 Å². The van der Waals surface area contributed by atoms with E-state index in [1.54, 1.807) is 12.1 Å². The molecule has 0 unspecified atom stereocenters. The molecule has 80 valence electrons. The Balaban J connectivity index is 1.88. The molecule has 1 N–H and O–H groups in total. The highest BCUT2D eigenvalue weighted by Gasteiger charge is 2.21. The van der Waals surface area contributed by atoms with E-state index in [-0.39, 0.29) is 5.69 Å². The normalized spacial score (nSPS) is 15.2. The van der Waals surface area contributed by atoms with Crippen LogP contribution in [0.5, 0.6) is 0 Å². The maximum atomic E-state index is 10.6. The fourth-order valence-corrected chi connectivity index (χ4v) is 1.31. The van der Waals surface area contributed by atoms with Crippen LogP contribution in [0.4, 0.5) is 0 Å². The summed E-state index contributed by atoms with van der Waals surface area (Å²) in [5, 5.41) is 8.73. The van der Waals surface area contributed by atoms with Gasteiger partial charge in [0.25, 0.3) is 0 Å². The van der Waals surface area contributed by atoms with Crippen molar-refractivity contribution in [1.29, 1.82) is 0 Å². The van der Waals surface area contributed by atoms with Crippen molar-refractivity contribution in [1.82, 2.24) is 4.98 Å². The van der Waals surface area contributed by atoms with Crippen molar-refractivity contribution in [2.75, 3.05) is 6.61 Å². The van der Waals surface area contributed by atoms with Crippen molar-refractivity contribution in [3.8, 4) is 0 Å². The standard InChI is InChI=1S/C11H13NO3/c13-11(14)10-5-9(3-4-12-10)7-15-6-8-1-2-8/h3-5,8H,1-2,6-7H2,(H,13,14). The lowest BCUT2D eigenvalue weighted by Crippen LogP contribution is -2.02. The third-order valence-corrected chi connectivity index (χ3v) is 2.36. The summed E-state index contributed by atoms with van der Waals surface area (Å²) < 4.78 is 5.46. The van der Waals surface area contributed by atoms with Gasteiger partial charge in [0.1, 0.15) is 5.69 Å². The van der Waals surface area contributed by atoms with Gasteiger partial charge in [0.2, 0.25) is 0 Å². The first-order valence-corrected chi connectivity index (χ1v) is 5.01. The van der Waals surface area contributed by atoms with Gasteiger partial charge in [-0.05, 0) is 36.5 Å². The molecular formula is C11H13NO3. The minimum absolute atomic E-state index is 0.0718. The molecule has 1 fully saturated rings. The Hall–Kier alpha value is -1.42. The maximum absolute atomic E-state index is 10.6. The molecule has 1 aromatic rings. The van der Waals surface area contributed by atoms with Crippen molar-refractivity contribution >= 4 is 5.97 Å². The van der Waals surface area contributed by atoms with Gasteiger partial charge >= 0.3 is 5.97 Å². The van der Waals surface area contributed by atoms with Gasteiger partial charge < -0.3 is 9.84 Å². The van der Waals surface area contributed by atoms with Crippen molar-refractivity contribution in [2.24, 2.45) is 5.92 Å². The van der Waals surface area contributed by atoms with Crippen LogP contribution >= 0.6 is 0 Å². The number of carboxylic acids is 1. The molecule has 0 amide bonds. The molecule has 1 aromatic heterocycles. The van der Waals surface area contributed by atoms with Crippen molar-refractivity contribution in [3.63, 3.8) is 0 Å². The SMILES string of the molecule is O=C(O)c1cc(COCC2CC2)ccn1. The molecule has 15 heavy (non-hydrogen) atoms. The fraction of sp³-hybridized carbons (Fsp3) is 0.455. The highest BCUT2D eigenvalue weighted by atomic mass is 16.5. The van der Waals surface area contributed by atoms with Crippen LogP contribution in [0.2, 0.25) is 0 Å². The highest BCUT2D eigenvalue weighted by Crippen LogP contribution is 2.29. The second-order valence-corrected chi connectivity index (χ2v) is 3.81. The van der Waals surface area contributed by atoms with E-state index in [4.69, 9.17) is 9.84 Å². The van der Waals surface area contributed by atoms with E-state index in [1.165, 1.54) is 19.0 Å². The van der Waals surface area contributed by atoms with Gasteiger partial charge in [-0.1, -0.05) is 0 Å². The number of pyridine rings is 1. The molecule has 1 heterocycles. The summed E-state index contributed by atoms with van der Waals surface area (Å²) >= 11 is 0. The van der Waals surface area contributed by atoms with E-state index >= 15 is 0 Å². The summed E-state index contributed by atoms with van der Waals surface area (Å²) in [7, 11) is 0. The Morgan fingerprint density at radius 3 is 3.07 bits per heavy atom. The molecule has 4 heteroatoms. The van der Waals surface area contributed by atoms with E-state index in [9.17, 15) is 4.79 Å². The molecule has 1 aliphatic rings. The Morgan fingerprint density at radius 1 is 1.60 bits per heavy atom. The van der Waals surface area contributed by atoms with Gasteiger partial charge in [-0.25, -0.2) is 9.78 Å². The van der Waals surface area contributed by atoms with E-state index in [0.717, 1.165) is 18.1 Å². The lowest BCUT2D eigenvalue weighted by atomic mass is 10.2. The minimum Gasteiger partial charge on any atom is -0.477 e. The molecule has 0 aromatic carbocycles. The molecule has 0 atom stereocenters. The zero-order valence-electron chi connectivity index (χ0n) is 8.35. The summed E-state index contributed by atoms with van der Waals surface area (Å²) in [6.07, 6.45) is 4.02. The summed E-state index contributed by atoms with van der Waals surface area (Å²) in [6.45, 7) is 1.25. The third kappa shape index (κ3) is 3.02. The minimum atomic E-state index is -1.00. The number of carbonyl (C=O) groups is 1. The molecular weight excluding hydrogens is 194 g/mol. The van der Waals surface area contributed by atoms with E-state index in [2.05, 4.69) is 4.98 Å². The quantitative estimate of drug-likeness (QED) is 0.798. The zero-order valence-corrected chi connectivity index (χ0v) is 8.35. The monoisotopic (exact) mass is 207 g/mol. The first kappa shape index (κ1) is 10.1. The number of carboxylic acid groups (broad SMARTS) is 1. The molecule has 2 rings (SSSR count). The van der Waals surface area contributed by atoms with Crippen molar-refractivity contribution < 1.29 is 14.6 Å². The number of aromatic carboxylic acids is 1. The molecule has 0 spiro atoms. The van der Waals surface area contributed by atoms with Crippen LogP contribution in [0.1, 0.15) is 28.9 Å². The number of hydrogen-bond donors (Lipinski definition) is 1. The van der Waals surface area contributed by atoms with Crippen LogP contribution in [-0.2, 0) is 11.3 Å². The van der Waals surface area contributed by atoms with Gasteiger partial charge in [0, 0.05) is 12.8 Å². The number of ether oxygens (including phenoxy) is 1. The second-order valence-electron chi connectivity index (χ2n) is 3.81. The summed E-state index contributed by atoms with van der Waals surface area (Å²) in [6, 6.07) is 3.33. The highest BCUT2D eigenvalue weighted by molar-refractivity contribution is 5.85. The van der Waals surface area contributed by atoms with Crippen LogP contribution in [0.15, 0.2) is 18.3 Å². The van der Waals surface area contributed by atoms with Gasteiger partial charge in [-0.3, -0.25) is 0 Å². The van der Waals surface area contributed by atoms with Crippen LogP contribution in [-0.4, -0.2) is 22.7 Å². The number of hydrogen-bond acceptors (Lipinski definition) is 3. The molecule has 0 aliphatic heterocycles. The Kier molecular flexibility index (Phi) is 2.97. The number of rotatable bonds is 5. The largest absolute Gasteiger partial charge is 0.477 e. The summed E-state index contributed by atoms with van der Waals surface area (Å²) in [4.78, 5) is 14.4. The average molecular weight is 207 g/mol. The second kappa shape index (κ2) is 4.40. The van der Waals surface area contributed by atoms with E-state index in [0.29, 0.717) is 6.61 Å². The van der Waals surface area contributed by atoms with Gasteiger partial charge in [0.15, 0.2) is 0 Å². The third-order valence-electron chi connectivity index (χ3n) is 2.36. The first-order chi connectivity index (χ1) is 7.25. The zero-order chi connectivity index (χ0) is 10.7. The lowest BCUT2D eigenvalue weighted by Gasteiger charge is -2.03. The van der Waals surface area contributed by atoms with Crippen LogP contribution in [0, 0.1) is 5.92 Å². The molecule has 4 nitrogen and oxygen atoms in total. The Morgan fingerprint density at radius 2 is 2.40 bits per heavy atom. The lowest BCUT2D eigenvalue weighted by molar-refractivity contribution is 0.0689. The summed E-state index contributed by atoms with van der Waals surface area (Å²) in [5.74, 6) is -0.273. The average Bonchev–Trinajstić information content (AvgIpc) is 3.02. The summed E-state index contributed by atoms with van der Waals surface area (Å²) in [5.41, 5.74) is 0.936. The van der Waals surface area contributed by atoms with E-state index < -0.39 is 5.97 Å². The van der Waals surface area contributed by atoms with Gasteiger partial charge in [0.05, 0.1) is 6.61 Å². The van der Waals surface area contributed by atoms with Gasteiger partial charge in [-0.15, -0.1) is 0 Å². The molecule has 0 radical (unpaired) electrons. The predicted molar refractivity (Wildman–Crippen MR) is 53.6 cm³/mol. The van der Waals surface area contributed by atoms with Crippen LogP contribution < -0.4 is 0 Å². The predicted octanol–water partition coefficient (Wildman–Crippen LogP) is 1.71. The molecule has 0 saturated heterocycles. The Labute approximate surface area is 87.9 Å². The number of aromatic nitrogens is 1. The van der Waals surface area contributed by atoms with Crippen LogP contribution in [0.25, 0.3) is 0 Å². The Bertz CT molecular complexity index is 361. The van der Waals surface area contributed by atoms with Crippen LogP contribution in [0.3, 0.4) is 0 Å². The van der Waals surface area contributed by atoms with Gasteiger partial charge in [-0.2, -0.15) is 0 Å². The fourth-order valence-electron chi connectivity index (χ4n) is 1.31. The first-order valence-electron chi connectivity index (χ1n) is 5.01. The van der Waals surface area contributed by atoms with E-state index in [1.807, 2.05) is 0 Å². The molecule has 1 saturated carbocycles. The maximum Gasteiger partial charge on any atom is 0.354 e. The smallest absolute Gasteiger partial charge is 0.354 e. The number of nitrogens with zero attached hydrogens (tertiary/aromatic N) is 1. The molecule has 1 aliphatic carbocycles. The van der Waals surface area contributed by atoms with Crippen molar-refractivity contribution in [2.45, 2.75) is 19.4 Å². The molecule has 0 bridgehead atoms. The topological polar surface area (TPSA) is 59.4 Å².